The molecule has 0 saturated heterocycles. The summed E-state index contributed by atoms with van der Waals surface area (Å²) in [5.41, 5.74) is 0.00252. The summed E-state index contributed by atoms with van der Waals surface area (Å²) in [5.74, 6) is -1.69. The molecule has 9 nitrogen and oxygen atoms in total. The number of alkyl halides is 4. The largest absolute Gasteiger partial charge is 0.433 e. The van der Waals surface area contributed by atoms with Crippen molar-refractivity contribution < 1.29 is 35.1 Å². The SMILES string of the molecule is CCS(=O)(=O)N(Cc1cnc(-c2nnc(C(F)F)o2)s1)c1cncc(OC(F)F)c1. The van der Waals surface area contributed by atoms with Crippen LogP contribution in [0.5, 0.6) is 5.75 Å². The lowest BCUT2D eigenvalue weighted by atomic mass is 10.4. The minimum absolute atomic E-state index is 0.00252. The van der Waals surface area contributed by atoms with Crippen LogP contribution in [0.1, 0.15) is 24.1 Å². The monoisotopic (exact) mass is 467 g/mol. The number of hydrogen-bond donors (Lipinski definition) is 0. The number of ether oxygens (including phenoxy) is 1. The number of anilines is 1. The van der Waals surface area contributed by atoms with E-state index in [1.165, 1.54) is 19.3 Å². The molecular weight excluding hydrogens is 454 g/mol. The van der Waals surface area contributed by atoms with Crippen molar-refractivity contribution in [3.05, 3.63) is 35.4 Å². The summed E-state index contributed by atoms with van der Waals surface area (Å²) >= 11 is 0.945. The lowest BCUT2D eigenvalue weighted by molar-refractivity contribution is -0.0500. The van der Waals surface area contributed by atoms with E-state index in [1.54, 1.807) is 0 Å². The van der Waals surface area contributed by atoms with Crippen LogP contribution in [0.4, 0.5) is 23.2 Å². The smallest absolute Gasteiger partial charge is 0.387 e. The predicted octanol–water partition coefficient (Wildman–Crippen LogP) is 3.48. The van der Waals surface area contributed by atoms with Gasteiger partial charge in [0, 0.05) is 17.1 Å². The van der Waals surface area contributed by atoms with Gasteiger partial charge in [0.1, 0.15) is 5.75 Å². The fourth-order valence-electron chi connectivity index (χ4n) is 2.25. The Hall–Kier alpha value is -2.81. The highest BCUT2D eigenvalue weighted by Crippen LogP contribution is 2.30. The molecule has 0 bridgehead atoms. The Balaban J connectivity index is 1.89. The fraction of sp³-hybridized carbons (Fsp3) is 0.333. The summed E-state index contributed by atoms with van der Waals surface area (Å²) in [6.07, 6.45) is 0.580. The topological polar surface area (TPSA) is 111 Å². The van der Waals surface area contributed by atoms with E-state index in [2.05, 4.69) is 24.9 Å². The molecular formula is C15H13F4N5O4S2. The molecule has 3 heterocycles. The average Bonchev–Trinajstić information content (AvgIpc) is 3.35. The highest BCUT2D eigenvalue weighted by molar-refractivity contribution is 7.92. The van der Waals surface area contributed by atoms with Gasteiger partial charge in [-0.25, -0.2) is 13.4 Å². The van der Waals surface area contributed by atoms with Gasteiger partial charge in [-0.05, 0) is 6.92 Å². The molecule has 3 aromatic rings. The minimum Gasteiger partial charge on any atom is -0.433 e. The second kappa shape index (κ2) is 8.91. The van der Waals surface area contributed by atoms with Crippen LogP contribution in [0, 0.1) is 0 Å². The Morgan fingerprint density at radius 2 is 1.97 bits per heavy atom. The summed E-state index contributed by atoms with van der Waals surface area (Å²) in [5, 5.41) is 6.81. The lowest BCUT2D eigenvalue weighted by Gasteiger charge is -2.23. The maximum atomic E-state index is 12.6. The Morgan fingerprint density at radius 1 is 1.20 bits per heavy atom. The van der Waals surface area contributed by atoms with Gasteiger partial charge in [-0.2, -0.15) is 17.6 Å². The molecule has 0 aliphatic rings. The molecule has 0 saturated carbocycles. The zero-order valence-electron chi connectivity index (χ0n) is 15.1. The number of rotatable bonds is 9. The molecule has 30 heavy (non-hydrogen) atoms. The van der Waals surface area contributed by atoms with E-state index < -0.39 is 29.0 Å². The third-order valence-electron chi connectivity index (χ3n) is 3.58. The van der Waals surface area contributed by atoms with Gasteiger partial charge in [0.2, 0.25) is 10.0 Å². The molecule has 0 aliphatic heterocycles. The van der Waals surface area contributed by atoms with E-state index >= 15 is 0 Å². The quantitative estimate of drug-likeness (QED) is 0.440. The zero-order chi connectivity index (χ0) is 21.9. The van der Waals surface area contributed by atoms with E-state index in [-0.39, 0.29) is 34.6 Å². The molecule has 0 radical (unpaired) electrons. The summed E-state index contributed by atoms with van der Waals surface area (Å²) in [7, 11) is -3.84. The van der Waals surface area contributed by atoms with Gasteiger partial charge in [0.05, 0.1) is 30.4 Å². The molecule has 162 valence electrons. The molecule has 15 heteroatoms. The number of sulfonamides is 1. The highest BCUT2D eigenvalue weighted by atomic mass is 32.2. The number of nitrogens with zero attached hydrogens (tertiary/aromatic N) is 5. The number of pyridine rings is 1. The Labute approximate surface area is 171 Å². The van der Waals surface area contributed by atoms with Gasteiger partial charge < -0.3 is 9.15 Å². The number of halogens is 4. The zero-order valence-corrected chi connectivity index (χ0v) is 16.7. The third kappa shape index (κ3) is 5.02. The summed E-state index contributed by atoms with van der Waals surface area (Å²) < 4.78 is 85.3. The summed E-state index contributed by atoms with van der Waals surface area (Å²) in [4.78, 5) is 8.13. The average molecular weight is 467 g/mol. The summed E-state index contributed by atoms with van der Waals surface area (Å²) in [6, 6.07) is 1.11. The number of thiazole rings is 1. The predicted molar refractivity (Wildman–Crippen MR) is 96.9 cm³/mol. The van der Waals surface area contributed by atoms with Crippen LogP contribution < -0.4 is 9.04 Å². The van der Waals surface area contributed by atoms with E-state index in [9.17, 15) is 26.0 Å². The van der Waals surface area contributed by atoms with Crippen LogP contribution in [0.3, 0.4) is 0 Å². The van der Waals surface area contributed by atoms with Crippen LogP contribution in [-0.4, -0.2) is 40.9 Å². The molecule has 0 aliphatic carbocycles. The third-order valence-corrected chi connectivity index (χ3v) is 6.29. The molecule has 0 fully saturated rings. The van der Waals surface area contributed by atoms with E-state index in [4.69, 9.17) is 4.42 Å². The second-order valence-corrected chi connectivity index (χ2v) is 8.84. The van der Waals surface area contributed by atoms with E-state index in [1.807, 2.05) is 0 Å². The van der Waals surface area contributed by atoms with Crippen LogP contribution >= 0.6 is 11.3 Å². The van der Waals surface area contributed by atoms with Crippen molar-refractivity contribution in [2.75, 3.05) is 10.1 Å². The van der Waals surface area contributed by atoms with Gasteiger partial charge in [-0.15, -0.1) is 21.5 Å². The number of aromatic nitrogens is 4. The summed E-state index contributed by atoms with van der Waals surface area (Å²) in [6.45, 7) is -1.91. The normalized spacial score (nSPS) is 12.0. The first-order valence-electron chi connectivity index (χ1n) is 8.16. The lowest BCUT2D eigenvalue weighted by Crippen LogP contribution is -2.31. The molecule has 0 amide bonds. The van der Waals surface area contributed by atoms with Crippen molar-refractivity contribution in [2.24, 2.45) is 0 Å². The number of hydrogen-bond acceptors (Lipinski definition) is 9. The first kappa shape index (κ1) is 21.9. The first-order chi connectivity index (χ1) is 14.2. The van der Waals surface area contributed by atoms with Crippen molar-refractivity contribution in [1.82, 2.24) is 20.2 Å². The van der Waals surface area contributed by atoms with Crippen LogP contribution in [-0.2, 0) is 16.6 Å². The van der Waals surface area contributed by atoms with Gasteiger partial charge in [0.15, 0.2) is 5.01 Å². The van der Waals surface area contributed by atoms with Gasteiger partial charge in [-0.3, -0.25) is 9.29 Å². The van der Waals surface area contributed by atoms with Gasteiger partial charge >= 0.3 is 13.0 Å². The van der Waals surface area contributed by atoms with Crippen molar-refractivity contribution in [2.45, 2.75) is 26.5 Å². The maximum Gasteiger partial charge on any atom is 0.387 e. The van der Waals surface area contributed by atoms with Crippen molar-refractivity contribution in [1.29, 1.82) is 0 Å². The van der Waals surface area contributed by atoms with Gasteiger partial charge in [0.25, 0.3) is 11.8 Å². The van der Waals surface area contributed by atoms with Crippen molar-refractivity contribution in [3.8, 4) is 16.6 Å². The standard InChI is InChI=1S/C15H13F4N5O4S2/c1-2-30(25,26)24(8-3-9(5-20-4-8)27-15(18)19)7-10-6-21-14(29-10)13-23-22-12(28-13)11(16)17/h3-6,11,15H,2,7H2,1H3. The van der Waals surface area contributed by atoms with E-state index in [0.717, 1.165) is 27.9 Å². The minimum atomic E-state index is -3.84. The molecule has 0 N–H and O–H groups in total. The van der Waals surface area contributed by atoms with Gasteiger partial charge in [-0.1, -0.05) is 0 Å². The molecule has 0 atom stereocenters. The first-order valence-corrected chi connectivity index (χ1v) is 10.6. The van der Waals surface area contributed by atoms with Crippen LogP contribution in [0.2, 0.25) is 0 Å². The van der Waals surface area contributed by atoms with Crippen LogP contribution in [0.15, 0.2) is 29.1 Å². The van der Waals surface area contributed by atoms with E-state index in [0.29, 0.717) is 4.88 Å². The highest BCUT2D eigenvalue weighted by Gasteiger charge is 2.24. The molecule has 0 unspecified atom stereocenters. The fourth-order valence-corrected chi connectivity index (χ4v) is 4.22. The Morgan fingerprint density at radius 3 is 2.60 bits per heavy atom. The molecule has 0 aromatic carbocycles. The second-order valence-electron chi connectivity index (χ2n) is 5.54. The maximum absolute atomic E-state index is 12.6. The van der Waals surface area contributed by atoms with Crippen molar-refractivity contribution in [3.63, 3.8) is 0 Å². The molecule has 3 rings (SSSR count). The Kier molecular flexibility index (Phi) is 6.50. The molecule has 3 aromatic heterocycles. The van der Waals surface area contributed by atoms with Crippen LogP contribution in [0.25, 0.3) is 10.9 Å². The Bertz CT molecular complexity index is 1110. The molecule has 0 spiro atoms. The van der Waals surface area contributed by atoms with Crippen molar-refractivity contribution >= 4 is 27.0 Å².